The molecular weight excluding hydrogens is 329 g/mol. The van der Waals surface area contributed by atoms with Crippen LogP contribution in [-0.2, 0) is 0 Å². The van der Waals surface area contributed by atoms with Gasteiger partial charge in [-0.3, -0.25) is 4.79 Å². The fourth-order valence-electron chi connectivity index (χ4n) is 3.84. The molecule has 2 N–H and O–H groups in total. The van der Waals surface area contributed by atoms with Gasteiger partial charge in [-0.1, -0.05) is 6.07 Å². The molecule has 3 aromatic rings. The van der Waals surface area contributed by atoms with Gasteiger partial charge in [-0.15, -0.1) is 0 Å². The summed E-state index contributed by atoms with van der Waals surface area (Å²) >= 11 is 0. The molecule has 5 heteroatoms. The van der Waals surface area contributed by atoms with Crippen LogP contribution < -0.4 is 9.72 Å². The number of aromatic amines is 1. The molecule has 0 unspecified atom stereocenters. The van der Waals surface area contributed by atoms with Gasteiger partial charge in [-0.05, 0) is 73.9 Å². The Hall–Kier alpha value is -2.69. The van der Waals surface area contributed by atoms with Gasteiger partial charge in [0.25, 0.3) is 0 Å². The van der Waals surface area contributed by atoms with Gasteiger partial charge in [0.1, 0.15) is 5.82 Å². The fourth-order valence-corrected chi connectivity index (χ4v) is 3.84. The molecule has 2 aliphatic carbocycles. The van der Waals surface area contributed by atoms with Crippen molar-refractivity contribution in [2.75, 3.05) is 0 Å². The van der Waals surface area contributed by atoms with Crippen LogP contribution in [0.2, 0.25) is 0 Å². The van der Waals surface area contributed by atoms with Crippen molar-refractivity contribution >= 4 is 11.4 Å². The second-order valence-corrected chi connectivity index (χ2v) is 7.49. The molecule has 0 radical (unpaired) electrons. The van der Waals surface area contributed by atoms with Crippen LogP contribution in [0.4, 0.5) is 4.39 Å². The van der Waals surface area contributed by atoms with Gasteiger partial charge in [0, 0.05) is 11.6 Å². The highest BCUT2D eigenvalue weighted by Gasteiger charge is 2.43. The molecule has 132 valence electrons. The van der Waals surface area contributed by atoms with Crippen LogP contribution in [0.15, 0.2) is 48.7 Å². The van der Waals surface area contributed by atoms with E-state index in [0.717, 1.165) is 16.8 Å². The number of halogens is 1. The van der Waals surface area contributed by atoms with E-state index in [1.807, 2.05) is 28.8 Å². The number of aromatic nitrogens is 2. The van der Waals surface area contributed by atoms with E-state index in [4.69, 9.17) is 0 Å². The number of hydrogen-bond donors (Lipinski definition) is 2. The van der Waals surface area contributed by atoms with Crippen LogP contribution in [0.25, 0.3) is 16.8 Å². The summed E-state index contributed by atoms with van der Waals surface area (Å²) in [4.78, 5) is 16.3. The maximum atomic E-state index is 13.3. The molecule has 4 nitrogen and oxygen atoms in total. The van der Waals surface area contributed by atoms with E-state index in [1.54, 1.807) is 12.1 Å². The third-order valence-electron chi connectivity index (χ3n) is 5.51. The van der Waals surface area contributed by atoms with Gasteiger partial charge in [-0.25, -0.2) is 9.37 Å². The maximum absolute atomic E-state index is 13.3. The largest absolute Gasteiger partial charge is 0.351 e. The number of imidazole rings is 1. The molecule has 0 saturated heterocycles. The summed E-state index contributed by atoms with van der Waals surface area (Å²) in [6.45, 7) is 0. The summed E-state index contributed by atoms with van der Waals surface area (Å²) in [5.41, 5.74) is 2.58. The van der Waals surface area contributed by atoms with E-state index in [9.17, 15) is 9.18 Å². The lowest BCUT2D eigenvalue weighted by molar-refractivity contribution is -0.514. The van der Waals surface area contributed by atoms with Crippen LogP contribution >= 0.6 is 0 Å². The van der Waals surface area contributed by atoms with E-state index in [1.165, 1.54) is 37.8 Å². The monoisotopic (exact) mass is 350 g/mol. The van der Waals surface area contributed by atoms with Crippen LogP contribution in [0.1, 0.15) is 36.3 Å². The molecule has 2 saturated carbocycles. The van der Waals surface area contributed by atoms with Crippen molar-refractivity contribution in [1.29, 1.82) is 0 Å². The molecule has 1 amide bonds. The highest BCUT2D eigenvalue weighted by Crippen LogP contribution is 2.44. The molecule has 2 aliphatic rings. The molecule has 0 aliphatic heterocycles. The molecule has 1 aromatic carbocycles. The van der Waals surface area contributed by atoms with Gasteiger partial charge < -0.3 is 5.32 Å². The minimum Gasteiger partial charge on any atom is -0.342 e. The summed E-state index contributed by atoms with van der Waals surface area (Å²) in [7, 11) is 0. The smallest absolute Gasteiger partial charge is 0.342 e. The van der Waals surface area contributed by atoms with E-state index >= 15 is 0 Å². The van der Waals surface area contributed by atoms with Crippen molar-refractivity contribution in [2.24, 2.45) is 11.8 Å². The lowest BCUT2D eigenvalue weighted by atomic mass is 10.1. The third kappa shape index (κ3) is 2.77. The molecule has 26 heavy (non-hydrogen) atoms. The molecule has 0 spiro atoms. The normalized spacial score (nSPS) is 17.0. The van der Waals surface area contributed by atoms with Crippen molar-refractivity contribution in [2.45, 2.75) is 31.7 Å². The van der Waals surface area contributed by atoms with Gasteiger partial charge >= 0.3 is 11.7 Å². The van der Waals surface area contributed by atoms with Gasteiger partial charge in [-0.2, -0.15) is 4.40 Å². The molecule has 0 atom stereocenters. The second kappa shape index (κ2) is 5.94. The first-order valence-corrected chi connectivity index (χ1v) is 9.30. The Morgan fingerprint density at radius 3 is 2.42 bits per heavy atom. The van der Waals surface area contributed by atoms with Crippen LogP contribution in [-0.4, -0.2) is 16.9 Å². The number of amides is 1. The number of benzene rings is 1. The summed E-state index contributed by atoms with van der Waals surface area (Å²) in [5, 5.41) is 3.27. The lowest BCUT2D eigenvalue weighted by Gasteiger charge is -2.15. The third-order valence-corrected chi connectivity index (χ3v) is 5.51. The number of nitrogens with zero attached hydrogens (tertiary/aromatic N) is 1. The van der Waals surface area contributed by atoms with E-state index in [2.05, 4.69) is 10.3 Å². The van der Waals surface area contributed by atoms with Crippen molar-refractivity contribution in [3.05, 3.63) is 60.3 Å². The van der Waals surface area contributed by atoms with Gasteiger partial charge in [0.05, 0.1) is 6.20 Å². The van der Waals surface area contributed by atoms with Crippen LogP contribution in [0.3, 0.4) is 0 Å². The van der Waals surface area contributed by atoms with Crippen molar-refractivity contribution < 1.29 is 13.6 Å². The first-order chi connectivity index (χ1) is 12.7. The predicted molar refractivity (Wildman–Crippen MR) is 96.0 cm³/mol. The van der Waals surface area contributed by atoms with Crippen LogP contribution in [0.5, 0.6) is 0 Å². The van der Waals surface area contributed by atoms with E-state index in [0.29, 0.717) is 23.7 Å². The van der Waals surface area contributed by atoms with Crippen molar-refractivity contribution in [3.63, 3.8) is 0 Å². The minimum absolute atomic E-state index is 0.0663. The molecule has 2 aromatic heterocycles. The zero-order valence-corrected chi connectivity index (χ0v) is 14.4. The number of pyridine rings is 1. The van der Waals surface area contributed by atoms with Gasteiger partial charge in [0.15, 0.2) is 11.2 Å². The topological polar surface area (TPSA) is 49.0 Å². The lowest BCUT2D eigenvalue weighted by Crippen LogP contribution is -2.42. The second-order valence-electron chi connectivity index (χ2n) is 7.49. The summed E-state index contributed by atoms with van der Waals surface area (Å²) < 4.78 is 15.2. The predicted octanol–water partition coefficient (Wildman–Crippen LogP) is 3.48. The van der Waals surface area contributed by atoms with Crippen molar-refractivity contribution in [1.82, 2.24) is 10.3 Å². The number of carbonyl (C=O) groups is 1. The average Bonchev–Trinajstić information content (AvgIpc) is 3.57. The Morgan fingerprint density at radius 2 is 1.77 bits per heavy atom. The van der Waals surface area contributed by atoms with Crippen LogP contribution in [0, 0.1) is 17.7 Å². The molecule has 2 fully saturated rings. The SMILES string of the molecule is O=C(NC(C1CC1)C1CC1)c1[nH]c(-c2ccc(F)cc2)c2cccc[n+]12. The Bertz CT molecular complexity index is 959. The number of hydrogen-bond acceptors (Lipinski definition) is 1. The first-order valence-electron chi connectivity index (χ1n) is 9.30. The fraction of sp³-hybridized carbons (Fsp3) is 0.333. The Labute approximate surface area is 151 Å². The number of fused-ring (bicyclic) bond motifs is 1. The zero-order valence-electron chi connectivity index (χ0n) is 14.4. The molecular formula is C21H21FN3O+. The number of carbonyl (C=O) groups excluding carboxylic acids is 1. The zero-order chi connectivity index (χ0) is 17.7. The Balaban J connectivity index is 1.53. The van der Waals surface area contributed by atoms with E-state index < -0.39 is 0 Å². The van der Waals surface area contributed by atoms with E-state index in [-0.39, 0.29) is 11.7 Å². The highest BCUT2D eigenvalue weighted by molar-refractivity contribution is 5.91. The maximum Gasteiger partial charge on any atom is 0.351 e. The molecule has 5 rings (SSSR count). The standard InChI is InChI=1S/C21H20FN3O/c22-16-10-8-15(9-11-16)19-17-3-1-2-12-25(17)20(23-19)21(26)24-18(13-4-5-13)14-6-7-14/h1-3,8-14,18H,4-7H2,(H,24,26)/p+1. The quantitative estimate of drug-likeness (QED) is 0.680. The highest BCUT2D eigenvalue weighted by atomic mass is 19.1. The summed E-state index contributed by atoms with van der Waals surface area (Å²) in [6.07, 6.45) is 6.78. The first kappa shape index (κ1) is 15.6. The molecule has 0 bridgehead atoms. The summed E-state index contributed by atoms with van der Waals surface area (Å²) in [6, 6.07) is 12.4. The summed E-state index contributed by atoms with van der Waals surface area (Å²) in [5.74, 6) is 1.48. The number of H-pyrrole nitrogens is 1. The molecule has 2 heterocycles. The minimum atomic E-state index is -0.271. The van der Waals surface area contributed by atoms with Crippen molar-refractivity contribution in [3.8, 4) is 11.3 Å². The Morgan fingerprint density at radius 1 is 1.08 bits per heavy atom. The number of nitrogens with one attached hydrogen (secondary N) is 2. The average molecular weight is 350 g/mol. The Kier molecular flexibility index (Phi) is 3.55. The van der Waals surface area contributed by atoms with Gasteiger partial charge in [0.2, 0.25) is 0 Å². The number of rotatable bonds is 5.